The van der Waals surface area contributed by atoms with Crippen LogP contribution in [0.15, 0.2) is 60.7 Å². The van der Waals surface area contributed by atoms with Gasteiger partial charge >= 0.3 is 0 Å². The minimum atomic E-state index is -0.195. The van der Waals surface area contributed by atoms with Gasteiger partial charge in [-0.05, 0) is 74.2 Å². The Morgan fingerprint density at radius 2 is 0.821 bits per heavy atom. The maximum absolute atomic E-state index is 12.6. The molecule has 0 aliphatic heterocycles. The predicted molar refractivity (Wildman–Crippen MR) is 114 cm³/mol. The summed E-state index contributed by atoms with van der Waals surface area (Å²) in [4.78, 5) is 25.1. The molecule has 0 spiro atoms. The van der Waals surface area contributed by atoms with E-state index in [2.05, 4.69) is 10.6 Å². The molecule has 0 saturated heterocycles. The number of benzene rings is 3. The molecule has 0 radical (unpaired) electrons. The number of aryl methyl sites for hydroxylation is 4. The summed E-state index contributed by atoms with van der Waals surface area (Å²) >= 11 is 0. The molecule has 2 amide bonds. The molecule has 3 rings (SSSR count). The highest BCUT2D eigenvalue weighted by Gasteiger charge is 2.13. The van der Waals surface area contributed by atoms with Crippen molar-refractivity contribution in [1.82, 2.24) is 0 Å². The number of amides is 2. The Hall–Kier alpha value is -3.40. The van der Waals surface area contributed by atoms with Crippen LogP contribution in [0, 0.1) is 27.7 Å². The maximum Gasteiger partial charge on any atom is 0.255 e. The molecular weight excluding hydrogens is 348 g/mol. The van der Waals surface area contributed by atoms with E-state index in [4.69, 9.17) is 0 Å². The molecule has 4 nitrogen and oxygen atoms in total. The van der Waals surface area contributed by atoms with Crippen molar-refractivity contribution in [2.24, 2.45) is 0 Å². The van der Waals surface area contributed by atoms with Crippen LogP contribution in [0.5, 0.6) is 0 Å². The first-order chi connectivity index (χ1) is 13.4. The number of carbonyl (C=O) groups is 2. The molecule has 3 aromatic carbocycles. The molecule has 0 fully saturated rings. The maximum atomic E-state index is 12.6. The molecule has 3 aromatic rings. The number of hydrogen-bond acceptors (Lipinski definition) is 2. The zero-order chi connectivity index (χ0) is 20.3. The standard InChI is InChI=1S/C24H24N2O2/c1-15-7-5-8-16(2)21(15)25-23(27)19-11-13-20(14-12-19)24(28)26-22-17(3)9-6-10-18(22)4/h5-14H,1-4H3,(H,25,27)(H,26,28). The van der Waals surface area contributed by atoms with E-state index in [0.29, 0.717) is 11.1 Å². The van der Waals surface area contributed by atoms with Crippen molar-refractivity contribution < 1.29 is 9.59 Å². The lowest BCUT2D eigenvalue weighted by Crippen LogP contribution is -2.16. The van der Waals surface area contributed by atoms with E-state index in [1.807, 2.05) is 64.1 Å². The van der Waals surface area contributed by atoms with Crippen LogP contribution in [0.4, 0.5) is 11.4 Å². The van der Waals surface area contributed by atoms with Crippen molar-refractivity contribution in [2.75, 3.05) is 10.6 Å². The number of nitrogens with one attached hydrogen (secondary N) is 2. The Balaban J connectivity index is 1.74. The first kappa shape index (κ1) is 19.4. The fraction of sp³-hybridized carbons (Fsp3) is 0.167. The quantitative estimate of drug-likeness (QED) is 0.642. The van der Waals surface area contributed by atoms with Gasteiger partial charge in [-0.3, -0.25) is 9.59 Å². The summed E-state index contributed by atoms with van der Waals surface area (Å²) in [7, 11) is 0. The summed E-state index contributed by atoms with van der Waals surface area (Å²) in [5.41, 5.74) is 6.71. The Morgan fingerprint density at radius 3 is 1.11 bits per heavy atom. The molecule has 4 heteroatoms. The predicted octanol–water partition coefficient (Wildman–Crippen LogP) is 5.42. The summed E-state index contributed by atoms with van der Waals surface area (Å²) < 4.78 is 0. The van der Waals surface area contributed by atoms with Crippen molar-refractivity contribution in [1.29, 1.82) is 0 Å². The van der Waals surface area contributed by atoms with Crippen LogP contribution < -0.4 is 10.6 Å². The Bertz CT molecular complexity index is 912. The molecule has 0 aliphatic rings. The molecule has 0 saturated carbocycles. The lowest BCUT2D eigenvalue weighted by molar-refractivity contribution is 0.101. The fourth-order valence-electron chi connectivity index (χ4n) is 3.17. The van der Waals surface area contributed by atoms with E-state index in [9.17, 15) is 9.59 Å². The third-order valence-corrected chi connectivity index (χ3v) is 4.85. The second-order valence-corrected chi connectivity index (χ2v) is 7.02. The van der Waals surface area contributed by atoms with E-state index in [-0.39, 0.29) is 11.8 Å². The van der Waals surface area contributed by atoms with Crippen LogP contribution in [0.3, 0.4) is 0 Å². The van der Waals surface area contributed by atoms with Crippen LogP contribution in [0.2, 0.25) is 0 Å². The Labute approximate surface area is 165 Å². The largest absolute Gasteiger partial charge is 0.322 e. The topological polar surface area (TPSA) is 58.2 Å². The van der Waals surface area contributed by atoms with Gasteiger partial charge in [0.15, 0.2) is 0 Å². The highest BCUT2D eigenvalue weighted by atomic mass is 16.2. The van der Waals surface area contributed by atoms with E-state index in [1.165, 1.54) is 0 Å². The molecule has 28 heavy (non-hydrogen) atoms. The van der Waals surface area contributed by atoms with Gasteiger partial charge in [0, 0.05) is 22.5 Å². The molecule has 142 valence electrons. The lowest BCUT2D eigenvalue weighted by Gasteiger charge is -2.13. The van der Waals surface area contributed by atoms with Crippen LogP contribution in [-0.2, 0) is 0 Å². The summed E-state index contributed by atoms with van der Waals surface area (Å²) in [5, 5.41) is 5.92. The third-order valence-electron chi connectivity index (χ3n) is 4.85. The minimum absolute atomic E-state index is 0.195. The Kier molecular flexibility index (Phi) is 5.59. The molecule has 0 aromatic heterocycles. The molecule has 0 bridgehead atoms. The van der Waals surface area contributed by atoms with Gasteiger partial charge in [0.05, 0.1) is 0 Å². The summed E-state index contributed by atoms with van der Waals surface area (Å²) in [6, 6.07) is 18.4. The fourth-order valence-corrected chi connectivity index (χ4v) is 3.17. The SMILES string of the molecule is Cc1cccc(C)c1NC(=O)c1ccc(C(=O)Nc2c(C)cccc2C)cc1. The van der Waals surface area contributed by atoms with Gasteiger partial charge in [-0.2, -0.15) is 0 Å². The zero-order valence-corrected chi connectivity index (χ0v) is 16.6. The number of hydrogen-bond donors (Lipinski definition) is 2. The van der Waals surface area contributed by atoms with Crippen LogP contribution in [0.1, 0.15) is 43.0 Å². The normalized spacial score (nSPS) is 10.4. The second kappa shape index (κ2) is 8.09. The molecule has 0 atom stereocenters. The molecular formula is C24H24N2O2. The van der Waals surface area contributed by atoms with Gasteiger partial charge in [0.2, 0.25) is 0 Å². The van der Waals surface area contributed by atoms with Crippen molar-refractivity contribution in [3.05, 3.63) is 94.0 Å². The first-order valence-corrected chi connectivity index (χ1v) is 9.22. The van der Waals surface area contributed by atoms with E-state index in [0.717, 1.165) is 33.6 Å². The summed E-state index contributed by atoms with van der Waals surface area (Å²) in [5.74, 6) is -0.391. The highest BCUT2D eigenvalue weighted by molar-refractivity contribution is 6.08. The summed E-state index contributed by atoms with van der Waals surface area (Å²) in [6.45, 7) is 7.85. The highest BCUT2D eigenvalue weighted by Crippen LogP contribution is 2.22. The van der Waals surface area contributed by atoms with Gasteiger partial charge in [0.1, 0.15) is 0 Å². The molecule has 0 heterocycles. The van der Waals surface area contributed by atoms with Crippen molar-refractivity contribution >= 4 is 23.2 Å². The van der Waals surface area contributed by atoms with Crippen LogP contribution in [0.25, 0.3) is 0 Å². The average Bonchev–Trinajstić information content (AvgIpc) is 2.67. The summed E-state index contributed by atoms with van der Waals surface area (Å²) in [6.07, 6.45) is 0. The van der Waals surface area contributed by atoms with Crippen molar-refractivity contribution in [2.45, 2.75) is 27.7 Å². The van der Waals surface area contributed by atoms with E-state index in [1.54, 1.807) is 24.3 Å². The second-order valence-electron chi connectivity index (χ2n) is 7.02. The van der Waals surface area contributed by atoms with Gasteiger partial charge in [-0.15, -0.1) is 0 Å². The minimum Gasteiger partial charge on any atom is -0.322 e. The lowest BCUT2D eigenvalue weighted by atomic mass is 10.1. The number of anilines is 2. The average molecular weight is 372 g/mol. The van der Waals surface area contributed by atoms with E-state index < -0.39 is 0 Å². The van der Waals surface area contributed by atoms with Crippen LogP contribution >= 0.6 is 0 Å². The number of para-hydroxylation sites is 2. The van der Waals surface area contributed by atoms with Crippen molar-refractivity contribution in [3.63, 3.8) is 0 Å². The molecule has 0 aliphatic carbocycles. The Morgan fingerprint density at radius 1 is 0.536 bits per heavy atom. The zero-order valence-electron chi connectivity index (χ0n) is 16.6. The molecule has 0 unspecified atom stereocenters. The monoisotopic (exact) mass is 372 g/mol. The van der Waals surface area contributed by atoms with Gasteiger partial charge in [0.25, 0.3) is 11.8 Å². The van der Waals surface area contributed by atoms with Crippen LogP contribution in [-0.4, -0.2) is 11.8 Å². The third kappa shape index (κ3) is 4.12. The first-order valence-electron chi connectivity index (χ1n) is 9.22. The van der Waals surface area contributed by atoms with Crippen molar-refractivity contribution in [3.8, 4) is 0 Å². The van der Waals surface area contributed by atoms with Gasteiger partial charge in [-0.25, -0.2) is 0 Å². The number of carbonyl (C=O) groups excluding carboxylic acids is 2. The number of rotatable bonds is 4. The molecule has 2 N–H and O–H groups in total. The van der Waals surface area contributed by atoms with E-state index >= 15 is 0 Å². The smallest absolute Gasteiger partial charge is 0.255 e. The van der Waals surface area contributed by atoms with Gasteiger partial charge < -0.3 is 10.6 Å². The van der Waals surface area contributed by atoms with Gasteiger partial charge in [-0.1, -0.05) is 36.4 Å².